The fraction of sp³-hybridized carbons (Fsp3) is 0.360. The maximum Gasteiger partial charge on any atom is 0.396 e. The van der Waals surface area contributed by atoms with Gasteiger partial charge in [0.15, 0.2) is 0 Å². The number of nitrogens with one attached hydrogen (secondary N) is 2. The standard InChI is InChI=1S/C25H29N3O4/c1-3-20(29)11-5-4-6-12-21(28-24(30)25(31)32-2)23-26-16-22(27-23)19-14-13-17-9-7-8-10-18(17)15-19/h7-10,13-16,21H,3-6,11-12H2,1-2H3,(H,26,27)(H,28,30)/t21-/m0/s1. The number of ether oxygens (including phenoxy) is 1. The third kappa shape index (κ3) is 6.03. The van der Waals surface area contributed by atoms with E-state index in [9.17, 15) is 14.4 Å². The van der Waals surface area contributed by atoms with Gasteiger partial charge in [0.2, 0.25) is 0 Å². The predicted molar refractivity (Wildman–Crippen MR) is 123 cm³/mol. The van der Waals surface area contributed by atoms with E-state index < -0.39 is 17.9 Å². The Morgan fingerprint density at radius 1 is 1.06 bits per heavy atom. The lowest BCUT2D eigenvalue weighted by Crippen LogP contribution is -2.35. The van der Waals surface area contributed by atoms with Crippen molar-refractivity contribution in [2.24, 2.45) is 0 Å². The summed E-state index contributed by atoms with van der Waals surface area (Å²) in [7, 11) is 1.17. The summed E-state index contributed by atoms with van der Waals surface area (Å²) in [6.45, 7) is 1.87. The number of aromatic nitrogens is 2. The zero-order chi connectivity index (χ0) is 22.9. The van der Waals surface area contributed by atoms with E-state index >= 15 is 0 Å². The van der Waals surface area contributed by atoms with Crippen LogP contribution in [-0.2, 0) is 19.1 Å². The zero-order valence-corrected chi connectivity index (χ0v) is 18.5. The summed E-state index contributed by atoms with van der Waals surface area (Å²) in [6, 6.07) is 13.8. The summed E-state index contributed by atoms with van der Waals surface area (Å²) in [5.41, 5.74) is 1.81. The van der Waals surface area contributed by atoms with Crippen LogP contribution in [0.25, 0.3) is 22.0 Å². The number of nitrogens with zero attached hydrogens (tertiary/aromatic N) is 1. The molecule has 3 rings (SSSR count). The van der Waals surface area contributed by atoms with Crippen molar-refractivity contribution in [2.45, 2.75) is 51.5 Å². The molecule has 1 aromatic heterocycles. The van der Waals surface area contributed by atoms with Crippen molar-refractivity contribution in [1.29, 1.82) is 0 Å². The number of esters is 1. The molecule has 0 spiro atoms. The molecular formula is C25H29N3O4. The third-order valence-electron chi connectivity index (χ3n) is 5.50. The largest absolute Gasteiger partial charge is 0.462 e. The number of H-pyrrole nitrogens is 1. The number of carbonyl (C=O) groups is 3. The van der Waals surface area contributed by atoms with E-state index in [-0.39, 0.29) is 5.78 Å². The highest BCUT2D eigenvalue weighted by molar-refractivity contribution is 6.32. The van der Waals surface area contributed by atoms with Gasteiger partial charge in [-0.25, -0.2) is 9.78 Å². The summed E-state index contributed by atoms with van der Waals surface area (Å²) in [4.78, 5) is 43.0. The fourth-order valence-corrected chi connectivity index (χ4v) is 3.63. The topological polar surface area (TPSA) is 101 Å². The van der Waals surface area contributed by atoms with Gasteiger partial charge in [-0.05, 0) is 29.7 Å². The number of unbranched alkanes of at least 4 members (excludes halogenated alkanes) is 2. The number of hydrogen-bond acceptors (Lipinski definition) is 5. The fourth-order valence-electron chi connectivity index (χ4n) is 3.63. The van der Waals surface area contributed by atoms with Crippen LogP contribution in [0.1, 0.15) is 57.3 Å². The number of hydrogen-bond donors (Lipinski definition) is 2. The Bertz CT molecular complexity index is 1090. The Morgan fingerprint density at radius 2 is 1.84 bits per heavy atom. The summed E-state index contributed by atoms with van der Waals surface area (Å²) < 4.78 is 4.53. The minimum Gasteiger partial charge on any atom is -0.462 e. The number of imidazole rings is 1. The summed E-state index contributed by atoms with van der Waals surface area (Å²) in [5, 5.41) is 4.99. The van der Waals surface area contributed by atoms with Crippen LogP contribution < -0.4 is 5.32 Å². The molecule has 0 unspecified atom stereocenters. The monoisotopic (exact) mass is 435 g/mol. The molecule has 1 amide bonds. The molecule has 7 heteroatoms. The number of carbonyl (C=O) groups excluding carboxylic acids is 3. The molecule has 1 heterocycles. The van der Waals surface area contributed by atoms with Crippen molar-refractivity contribution >= 4 is 28.4 Å². The van der Waals surface area contributed by atoms with E-state index in [1.54, 1.807) is 6.20 Å². The second-order valence-corrected chi connectivity index (χ2v) is 7.75. The van der Waals surface area contributed by atoms with E-state index in [0.29, 0.717) is 25.1 Å². The lowest BCUT2D eigenvalue weighted by Gasteiger charge is -2.16. The van der Waals surface area contributed by atoms with Gasteiger partial charge in [-0.3, -0.25) is 9.59 Å². The molecule has 0 bridgehead atoms. The Morgan fingerprint density at radius 3 is 2.59 bits per heavy atom. The van der Waals surface area contributed by atoms with Crippen molar-refractivity contribution in [1.82, 2.24) is 15.3 Å². The van der Waals surface area contributed by atoms with Crippen LogP contribution in [0.5, 0.6) is 0 Å². The van der Waals surface area contributed by atoms with E-state index in [1.807, 2.05) is 25.1 Å². The minimum atomic E-state index is -0.940. The van der Waals surface area contributed by atoms with E-state index in [0.717, 1.165) is 41.3 Å². The van der Waals surface area contributed by atoms with Crippen LogP contribution in [0.4, 0.5) is 0 Å². The van der Waals surface area contributed by atoms with Crippen molar-refractivity contribution < 1.29 is 19.1 Å². The summed E-state index contributed by atoms with van der Waals surface area (Å²) >= 11 is 0. The number of rotatable bonds is 10. The number of methoxy groups -OCH3 is 1. The first-order chi connectivity index (χ1) is 15.5. The average Bonchev–Trinajstić information content (AvgIpc) is 3.32. The molecule has 32 heavy (non-hydrogen) atoms. The Kier molecular flexibility index (Phi) is 8.14. The Hall–Kier alpha value is -3.48. The van der Waals surface area contributed by atoms with Gasteiger partial charge in [-0.1, -0.05) is 56.2 Å². The molecule has 0 aliphatic rings. The molecule has 3 aromatic rings. The smallest absolute Gasteiger partial charge is 0.396 e. The van der Waals surface area contributed by atoms with Crippen LogP contribution in [0.3, 0.4) is 0 Å². The van der Waals surface area contributed by atoms with Gasteiger partial charge in [-0.2, -0.15) is 0 Å². The Labute approximate surface area is 187 Å². The van der Waals surface area contributed by atoms with Gasteiger partial charge in [0, 0.05) is 18.4 Å². The first kappa shape index (κ1) is 23.2. The SMILES string of the molecule is CCC(=O)CCCCC[C@H](NC(=O)C(=O)OC)c1ncc(-c2ccc3ccccc3c2)[nH]1. The highest BCUT2D eigenvalue weighted by atomic mass is 16.5. The maximum absolute atomic E-state index is 12.1. The summed E-state index contributed by atoms with van der Waals surface area (Å²) in [6.07, 6.45) is 5.91. The number of ketones is 1. The molecular weight excluding hydrogens is 406 g/mol. The van der Waals surface area contributed by atoms with E-state index in [4.69, 9.17) is 0 Å². The second-order valence-electron chi connectivity index (χ2n) is 7.75. The van der Waals surface area contributed by atoms with Crippen LogP contribution in [0.2, 0.25) is 0 Å². The molecule has 2 N–H and O–H groups in total. The van der Waals surface area contributed by atoms with Crippen LogP contribution in [0, 0.1) is 0 Å². The average molecular weight is 436 g/mol. The molecule has 168 valence electrons. The first-order valence-electron chi connectivity index (χ1n) is 11.0. The van der Waals surface area contributed by atoms with E-state index in [2.05, 4.69) is 44.3 Å². The van der Waals surface area contributed by atoms with Gasteiger partial charge >= 0.3 is 11.9 Å². The van der Waals surface area contributed by atoms with E-state index in [1.165, 1.54) is 7.11 Å². The van der Waals surface area contributed by atoms with Crippen LogP contribution in [0.15, 0.2) is 48.7 Å². The molecule has 7 nitrogen and oxygen atoms in total. The number of benzene rings is 2. The molecule has 0 aliphatic carbocycles. The van der Waals surface area contributed by atoms with Crippen molar-refractivity contribution in [2.75, 3.05) is 7.11 Å². The number of fused-ring (bicyclic) bond motifs is 1. The van der Waals surface area contributed by atoms with Crippen molar-refractivity contribution in [3.05, 3.63) is 54.5 Å². The van der Waals surface area contributed by atoms with Gasteiger partial charge < -0.3 is 15.0 Å². The highest BCUT2D eigenvalue weighted by Gasteiger charge is 2.22. The number of aromatic amines is 1. The number of amides is 1. The number of Topliss-reactive ketones (excluding diaryl/α,β-unsaturated/α-hetero) is 1. The summed E-state index contributed by atoms with van der Waals surface area (Å²) in [5.74, 6) is -0.909. The van der Waals surface area contributed by atoms with Crippen molar-refractivity contribution in [3.63, 3.8) is 0 Å². The Balaban J connectivity index is 1.73. The molecule has 0 saturated heterocycles. The van der Waals surface area contributed by atoms with Gasteiger partial charge in [-0.15, -0.1) is 0 Å². The maximum atomic E-state index is 12.1. The van der Waals surface area contributed by atoms with Crippen LogP contribution in [-0.4, -0.2) is 34.7 Å². The molecule has 0 fully saturated rings. The quantitative estimate of drug-likeness (QED) is 0.278. The zero-order valence-electron chi connectivity index (χ0n) is 18.5. The van der Waals surface area contributed by atoms with Gasteiger partial charge in [0.05, 0.1) is 25.0 Å². The van der Waals surface area contributed by atoms with Gasteiger partial charge in [0.25, 0.3) is 0 Å². The normalized spacial score (nSPS) is 11.8. The predicted octanol–water partition coefficient (Wildman–Crippen LogP) is 4.49. The molecule has 0 aliphatic heterocycles. The molecule has 0 radical (unpaired) electrons. The molecule has 0 saturated carbocycles. The second kappa shape index (κ2) is 11.2. The van der Waals surface area contributed by atoms with Crippen molar-refractivity contribution in [3.8, 4) is 11.3 Å². The van der Waals surface area contributed by atoms with Gasteiger partial charge in [0.1, 0.15) is 11.6 Å². The lowest BCUT2D eigenvalue weighted by atomic mass is 10.0. The van der Waals surface area contributed by atoms with Crippen LogP contribution >= 0.6 is 0 Å². The molecule has 2 aromatic carbocycles. The third-order valence-corrected chi connectivity index (χ3v) is 5.50. The lowest BCUT2D eigenvalue weighted by molar-refractivity contribution is -0.153. The first-order valence-corrected chi connectivity index (χ1v) is 11.0. The highest BCUT2D eigenvalue weighted by Crippen LogP contribution is 2.25. The minimum absolute atomic E-state index is 0.256. The molecule has 1 atom stereocenters.